The molecule has 9 heteroatoms. The van der Waals surface area contributed by atoms with Gasteiger partial charge in [-0.25, -0.2) is 17.7 Å². The van der Waals surface area contributed by atoms with Crippen molar-refractivity contribution in [1.82, 2.24) is 19.2 Å². The number of carbonyl (C=O) groups is 1. The number of unbranched alkanes of at least 4 members (excludes halogenated alkanes) is 1. The van der Waals surface area contributed by atoms with E-state index in [1.165, 1.54) is 30.2 Å². The van der Waals surface area contributed by atoms with Gasteiger partial charge in [-0.2, -0.15) is 0 Å². The predicted octanol–water partition coefficient (Wildman–Crippen LogP) is 3.50. The van der Waals surface area contributed by atoms with Crippen molar-refractivity contribution in [1.29, 1.82) is 0 Å². The standard InChI is InChI=1S/C22H28N4O3S2/c1-4-5-13-26-20-12-11-18(31(28,29)25(2)3)14-19(20)24-22(26)30-16-21(27)23-15-17-9-7-6-8-10-17/h6-12,14H,4-5,13,15-16H2,1-3H3,(H,23,27). The SMILES string of the molecule is CCCCn1c(SCC(=O)NCc2ccccc2)nc2cc(S(=O)(=O)N(C)C)ccc21. The number of amides is 1. The summed E-state index contributed by atoms with van der Waals surface area (Å²) in [7, 11) is -0.518. The number of nitrogens with zero attached hydrogens (tertiary/aromatic N) is 3. The van der Waals surface area contributed by atoms with E-state index < -0.39 is 10.0 Å². The molecule has 0 saturated carbocycles. The summed E-state index contributed by atoms with van der Waals surface area (Å²) in [6, 6.07) is 14.8. The summed E-state index contributed by atoms with van der Waals surface area (Å²) < 4.78 is 28.2. The lowest BCUT2D eigenvalue weighted by Gasteiger charge is -2.11. The van der Waals surface area contributed by atoms with Crippen LogP contribution < -0.4 is 5.32 Å². The first-order valence-electron chi connectivity index (χ1n) is 10.2. The van der Waals surface area contributed by atoms with Gasteiger partial charge in [0.2, 0.25) is 15.9 Å². The lowest BCUT2D eigenvalue weighted by molar-refractivity contribution is -0.118. The van der Waals surface area contributed by atoms with Crippen molar-refractivity contribution < 1.29 is 13.2 Å². The molecule has 31 heavy (non-hydrogen) atoms. The number of rotatable bonds is 10. The second-order valence-corrected chi connectivity index (χ2v) is 10.5. The Morgan fingerprint density at radius 2 is 1.90 bits per heavy atom. The Hall–Kier alpha value is -2.36. The van der Waals surface area contributed by atoms with Crippen molar-refractivity contribution in [3.05, 3.63) is 54.1 Å². The van der Waals surface area contributed by atoms with E-state index in [9.17, 15) is 13.2 Å². The molecule has 0 spiro atoms. The average Bonchev–Trinajstić information content (AvgIpc) is 3.12. The van der Waals surface area contributed by atoms with Gasteiger partial charge in [-0.05, 0) is 30.2 Å². The van der Waals surface area contributed by atoms with E-state index in [-0.39, 0.29) is 16.6 Å². The van der Waals surface area contributed by atoms with Crippen molar-refractivity contribution in [2.75, 3.05) is 19.8 Å². The fourth-order valence-electron chi connectivity index (χ4n) is 3.08. The van der Waals surface area contributed by atoms with Gasteiger partial charge in [-0.15, -0.1) is 0 Å². The molecule has 7 nitrogen and oxygen atoms in total. The van der Waals surface area contributed by atoms with Crippen molar-refractivity contribution in [3.63, 3.8) is 0 Å². The third kappa shape index (κ3) is 5.66. The molecule has 0 saturated heterocycles. The number of imidazole rings is 1. The highest BCUT2D eigenvalue weighted by atomic mass is 32.2. The van der Waals surface area contributed by atoms with Crippen molar-refractivity contribution in [3.8, 4) is 0 Å². The van der Waals surface area contributed by atoms with Crippen LogP contribution in [-0.2, 0) is 27.9 Å². The van der Waals surface area contributed by atoms with Crippen LogP contribution in [0.3, 0.4) is 0 Å². The fraction of sp³-hybridized carbons (Fsp3) is 0.364. The Bertz CT molecular complexity index is 1140. The molecular weight excluding hydrogens is 432 g/mol. The Kier molecular flexibility index (Phi) is 7.74. The number of aryl methyl sites for hydroxylation is 1. The topological polar surface area (TPSA) is 84.3 Å². The lowest BCUT2D eigenvalue weighted by Crippen LogP contribution is -2.24. The van der Waals surface area contributed by atoms with Crippen molar-refractivity contribution >= 4 is 38.7 Å². The van der Waals surface area contributed by atoms with Gasteiger partial charge >= 0.3 is 0 Å². The highest BCUT2D eigenvalue weighted by Gasteiger charge is 2.20. The molecule has 3 aromatic rings. The third-order valence-corrected chi connectivity index (χ3v) is 7.65. The molecule has 0 unspecified atom stereocenters. The third-order valence-electron chi connectivity index (χ3n) is 4.86. The van der Waals surface area contributed by atoms with Gasteiger partial charge in [0, 0.05) is 27.2 Å². The monoisotopic (exact) mass is 460 g/mol. The molecule has 1 aromatic heterocycles. The molecule has 0 aliphatic rings. The van der Waals surface area contributed by atoms with Gasteiger partial charge in [-0.1, -0.05) is 55.4 Å². The fourth-order valence-corrected chi connectivity index (χ4v) is 4.87. The van der Waals surface area contributed by atoms with Gasteiger partial charge in [0.15, 0.2) is 5.16 Å². The summed E-state index contributed by atoms with van der Waals surface area (Å²) >= 11 is 1.37. The molecule has 0 aliphatic heterocycles. The van der Waals surface area contributed by atoms with E-state index in [1.807, 2.05) is 30.3 Å². The maximum atomic E-state index is 12.5. The Morgan fingerprint density at radius 1 is 1.16 bits per heavy atom. The molecule has 0 aliphatic carbocycles. The molecular formula is C22H28N4O3S2. The number of sulfonamides is 1. The van der Waals surface area contributed by atoms with Crippen LogP contribution in [0.1, 0.15) is 25.3 Å². The van der Waals surface area contributed by atoms with Crippen LogP contribution in [0, 0.1) is 0 Å². The highest BCUT2D eigenvalue weighted by Crippen LogP contribution is 2.27. The van der Waals surface area contributed by atoms with Crippen LogP contribution in [0.25, 0.3) is 11.0 Å². The summed E-state index contributed by atoms with van der Waals surface area (Å²) in [5, 5.41) is 3.65. The van der Waals surface area contributed by atoms with E-state index in [2.05, 4.69) is 21.8 Å². The zero-order chi connectivity index (χ0) is 22.4. The Labute approximate surface area is 187 Å². The number of nitrogens with one attached hydrogen (secondary N) is 1. The number of hydrogen-bond donors (Lipinski definition) is 1. The summed E-state index contributed by atoms with van der Waals surface area (Å²) in [6.07, 6.45) is 1.99. The van der Waals surface area contributed by atoms with Crippen LogP contribution in [-0.4, -0.2) is 48.0 Å². The predicted molar refractivity (Wildman–Crippen MR) is 125 cm³/mol. The van der Waals surface area contributed by atoms with E-state index in [1.54, 1.807) is 18.2 Å². The van der Waals surface area contributed by atoms with Crippen LogP contribution in [0.15, 0.2) is 58.6 Å². The smallest absolute Gasteiger partial charge is 0.242 e. The van der Waals surface area contributed by atoms with Gasteiger partial charge in [0.05, 0.1) is 21.7 Å². The number of benzene rings is 2. The molecule has 3 rings (SSSR count). The summed E-state index contributed by atoms with van der Waals surface area (Å²) in [5.74, 6) is 0.171. The van der Waals surface area contributed by atoms with Gasteiger partial charge in [0.25, 0.3) is 0 Å². The highest BCUT2D eigenvalue weighted by molar-refractivity contribution is 7.99. The minimum atomic E-state index is -3.54. The van der Waals surface area contributed by atoms with E-state index in [4.69, 9.17) is 0 Å². The van der Waals surface area contributed by atoms with E-state index in [0.29, 0.717) is 12.1 Å². The number of carbonyl (C=O) groups excluding carboxylic acids is 1. The van der Waals surface area contributed by atoms with Crippen molar-refractivity contribution in [2.45, 2.75) is 42.9 Å². The number of aromatic nitrogens is 2. The average molecular weight is 461 g/mol. The van der Waals surface area contributed by atoms with E-state index >= 15 is 0 Å². The molecule has 0 bridgehead atoms. The molecule has 1 N–H and O–H groups in total. The number of hydrogen-bond acceptors (Lipinski definition) is 5. The second-order valence-electron chi connectivity index (χ2n) is 7.39. The number of thioether (sulfide) groups is 1. The van der Waals surface area contributed by atoms with Crippen LogP contribution in [0.4, 0.5) is 0 Å². The van der Waals surface area contributed by atoms with Gasteiger partial charge in [0.1, 0.15) is 0 Å². The zero-order valence-corrected chi connectivity index (χ0v) is 19.7. The van der Waals surface area contributed by atoms with Crippen LogP contribution >= 0.6 is 11.8 Å². The number of fused-ring (bicyclic) bond motifs is 1. The summed E-state index contributed by atoms with van der Waals surface area (Å²) in [6.45, 7) is 3.36. The summed E-state index contributed by atoms with van der Waals surface area (Å²) in [5.41, 5.74) is 2.54. The maximum Gasteiger partial charge on any atom is 0.242 e. The van der Waals surface area contributed by atoms with Crippen molar-refractivity contribution in [2.24, 2.45) is 0 Å². The normalized spacial score (nSPS) is 11.9. The molecule has 0 atom stereocenters. The van der Waals surface area contributed by atoms with E-state index in [0.717, 1.165) is 35.6 Å². The zero-order valence-electron chi connectivity index (χ0n) is 18.0. The summed E-state index contributed by atoms with van der Waals surface area (Å²) in [4.78, 5) is 17.2. The van der Waals surface area contributed by atoms with Crippen LogP contribution in [0.2, 0.25) is 0 Å². The van der Waals surface area contributed by atoms with Crippen LogP contribution in [0.5, 0.6) is 0 Å². The Morgan fingerprint density at radius 3 is 2.58 bits per heavy atom. The quantitative estimate of drug-likeness (QED) is 0.468. The minimum Gasteiger partial charge on any atom is -0.351 e. The molecule has 1 heterocycles. The molecule has 0 radical (unpaired) electrons. The molecule has 0 fully saturated rings. The lowest BCUT2D eigenvalue weighted by atomic mass is 10.2. The maximum absolute atomic E-state index is 12.5. The second kappa shape index (κ2) is 10.3. The molecule has 1 amide bonds. The molecule has 2 aromatic carbocycles. The van der Waals surface area contributed by atoms with Gasteiger partial charge < -0.3 is 9.88 Å². The first kappa shape index (κ1) is 23.3. The molecule has 166 valence electrons. The van der Waals surface area contributed by atoms with Gasteiger partial charge in [-0.3, -0.25) is 4.79 Å². The first-order chi connectivity index (χ1) is 14.8. The Balaban J connectivity index is 1.78. The minimum absolute atomic E-state index is 0.0705. The largest absolute Gasteiger partial charge is 0.351 e. The first-order valence-corrected chi connectivity index (χ1v) is 12.6.